The number of amides is 1. The van der Waals surface area contributed by atoms with Crippen molar-refractivity contribution < 1.29 is 4.79 Å². The van der Waals surface area contributed by atoms with Gasteiger partial charge >= 0.3 is 0 Å². The van der Waals surface area contributed by atoms with Gasteiger partial charge in [-0.3, -0.25) is 14.6 Å². The van der Waals surface area contributed by atoms with E-state index in [9.17, 15) is 9.59 Å². The molecule has 2 aromatic heterocycles. The summed E-state index contributed by atoms with van der Waals surface area (Å²) in [6.07, 6.45) is 4.97. The number of hydrogen-bond acceptors (Lipinski definition) is 3. The van der Waals surface area contributed by atoms with Crippen LogP contribution >= 0.6 is 0 Å². The first-order valence-electron chi connectivity index (χ1n) is 7.50. The molecule has 3 aromatic rings. The van der Waals surface area contributed by atoms with E-state index in [-0.39, 0.29) is 16.9 Å². The summed E-state index contributed by atoms with van der Waals surface area (Å²) in [7, 11) is 0. The third-order valence-corrected chi connectivity index (χ3v) is 3.78. The summed E-state index contributed by atoms with van der Waals surface area (Å²) >= 11 is 0. The van der Waals surface area contributed by atoms with Crippen molar-refractivity contribution >= 4 is 16.8 Å². The number of benzene rings is 1. The van der Waals surface area contributed by atoms with Crippen LogP contribution in [-0.2, 0) is 13.1 Å². The van der Waals surface area contributed by atoms with E-state index in [1.165, 1.54) is 0 Å². The van der Waals surface area contributed by atoms with Gasteiger partial charge in [-0.25, -0.2) is 0 Å². The number of nitrogens with zero attached hydrogens (tertiary/aromatic N) is 2. The molecule has 2 heterocycles. The lowest BCUT2D eigenvalue weighted by Gasteiger charge is -2.11. The molecule has 0 radical (unpaired) electrons. The number of aryl methyl sites for hydroxylation is 1. The predicted molar refractivity (Wildman–Crippen MR) is 89.3 cm³/mol. The average molecular weight is 307 g/mol. The Balaban J connectivity index is 1.94. The van der Waals surface area contributed by atoms with Crippen molar-refractivity contribution in [2.24, 2.45) is 0 Å². The Morgan fingerprint density at radius 2 is 1.91 bits per heavy atom. The number of para-hydroxylation sites is 1. The quantitative estimate of drug-likeness (QED) is 0.804. The molecule has 0 saturated carbocycles. The Morgan fingerprint density at radius 1 is 1.17 bits per heavy atom. The summed E-state index contributed by atoms with van der Waals surface area (Å²) in [5, 5.41) is 3.35. The molecule has 0 bridgehead atoms. The van der Waals surface area contributed by atoms with Crippen LogP contribution in [0.5, 0.6) is 0 Å². The second-order valence-electron chi connectivity index (χ2n) is 5.21. The molecule has 116 valence electrons. The number of fused-ring (bicyclic) bond motifs is 1. The van der Waals surface area contributed by atoms with Crippen LogP contribution in [0.15, 0.2) is 59.8 Å². The Labute approximate surface area is 133 Å². The van der Waals surface area contributed by atoms with Gasteiger partial charge in [-0.05, 0) is 36.8 Å². The maximum absolute atomic E-state index is 12.6. The smallest absolute Gasteiger partial charge is 0.257 e. The minimum Gasteiger partial charge on any atom is -0.348 e. The molecule has 23 heavy (non-hydrogen) atoms. The summed E-state index contributed by atoms with van der Waals surface area (Å²) < 4.78 is 1.91. The fourth-order valence-corrected chi connectivity index (χ4v) is 2.55. The first kappa shape index (κ1) is 15.0. The third-order valence-electron chi connectivity index (χ3n) is 3.78. The van der Waals surface area contributed by atoms with Gasteiger partial charge in [0.25, 0.3) is 5.91 Å². The maximum atomic E-state index is 12.6. The zero-order valence-electron chi connectivity index (χ0n) is 12.8. The summed E-state index contributed by atoms with van der Waals surface area (Å²) in [6.45, 7) is 3.03. The Bertz CT molecular complexity index is 901. The van der Waals surface area contributed by atoms with Gasteiger partial charge in [-0.15, -0.1) is 0 Å². The fraction of sp³-hybridized carbons (Fsp3) is 0.167. The molecule has 0 spiro atoms. The molecular weight excluding hydrogens is 290 g/mol. The normalized spacial score (nSPS) is 10.7. The van der Waals surface area contributed by atoms with E-state index in [4.69, 9.17) is 0 Å². The minimum absolute atomic E-state index is 0.166. The Morgan fingerprint density at radius 3 is 2.65 bits per heavy atom. The van der Waals surface area contributed by atoms with Gasteiger partial charge in [-0.1, -0.05) is 12.1 Å². The van der Waals surface area contributed by atoms with E-state index < -0.39 is 0 Å². The van der Waals surface area contributed by atoms with Gasteiger partial charge < -0.3 is 9.88 Å². The summed E-state index contributed by atoms with van der Waals surface area (Å²) in [5.41, 5.74) is 1.70. The van der Waals surface area contributed by atoms with Crippen molar-refractivity contribution in [1.82, 2.24) is 14.9 Å². The number of carbonyl (C=O) groups excluding carboxylic acids is 1. The van der Waals surface area contributed by atoms with Crippen molar-refractivity contribution in [3.63, 3.8) is 0 Å². The Kier molecular flexibility index (Phi) is 4.19. The number of aromatic nitrogens is 2. The summed E-state index contributed by atoms with van der Waals surface area (Å²) in [5.74, 6) is -0.361. The van der Waals surface area contributed by atoms with Crippen molar-refractivity contribution in [1.29, 1.82) is 0 Å². The van der Waals surface area contributed by atoms with Gasteiger partial charge in [0, 0.05) is 37.1 Å². The number of hydrogen-bond donors (Lipinski definition) is 1. The van der Waals surface area contributed by atoms with Crippen LogP contribution in [0.1, 0.15) is 22.8 Å². The van der Waals surface area contributed by atoms with Crippen LogP contribution < -0.4 is 10.7 Å². The van der Waals surface area contributed by atoms with Crippen molar-refractivity contribution in [3.8, 4) is 0 Å². The molecule has 0 aliphatic heterocycles. The van der Waals surface area contributed by atoms with Crippen LogP contribution in [0.4, 0.5) is 0 Å². The average Bonchev–Trinajstić information content (AvgIpc) is 2.61. The highest BCUT2D eigenvalue weighted by Crippen LogP contribution is 2.11. The minimum atomic E-state index is -0.361. The molecule has 0 atom stereocenters. The molecule has 5 heteroatoms. The van der Waals surface area contributed by atoms with Gasteiger partial charge in [-0.2, -0.15) is 0 Å². The first-order valence-corrected chi connectivity index (χ1v) is 7.50. The Hall–Kier alpha value is -2.95. The van der Waals surface area contributed by atoms with Crippen molar-refractivity contribution in [3.05, 3.63) is 76.3 Å². The van der Waals surface area contributed by atoms with Crippen LogP contribution in [0, 0.1) is 0 Å². The number of nitrogens with one attached hydrogen (secondary N) is 1. The fourth-order valence-electron chi connectivity index (χ4n) is 2.55. The first-order chi connectivity index (χ1) is 11.2. The number of pyridine rings is 2. The maximum Gasteiger partial charge on any atom is 0.257 e. The standard InChI is InChI=1S/C18H17N3O2/c1-2-21-12-15(17(22)14-5-3-4-6-16(14)21)18(23)20-11-13-7-9-19-10-8-13/h3-10,12H,2,11H2,1H3,(H,20,23). The summed E-state index contributed by atoms with van der Waals surface area (Å²) in [4.78, 5) is 28.9. The van der Waals surface area contributed by atoms with Crippen molar-refractivity contribution in [2.75, 3.05) is 0 Å². The monoisotopic (exact) mass is 307 g/mol. The lowest BCUT2D eigenvalue weighted by Crippen LogP contribution is -2.29. The molecule has 3 rings (SSSR count). The van der Waals surface area contributed by atoms with E-state index in [1.54, 1.807) is 24.7 Å². The second-order valence-corrected chi connectivity index (χ2v) is 5.21. The lowest BCUT2D eigenvalue weighted by molar-refractivity contribution is 0.0949. The van der Waals surface area contributed by atoms with Gasteiger partial charge in [0.2, 0.25) is 5.43 Å². The largest absolute Gasteiger partial charge is 0.348 e. The van der Waals surface area contributed by atoms with Crippen LogP contribution in [-0.4, -0.2) is 15.5 Å². The van der Waals surface area contributed by atoms with Crippen LogP contribution in [0.25, 0.3) is 10.9 Å². The molecule has 0 aliphatic rings. The van der Waals surface area contributed by atoms with Gasteiger partial charge in [0.05, 0.1) is 5.52 Å². The number of rotatable bonds is 4. The number of carbonyl (C=O) groups is 1. The van der Waals surface area contributed by atoms with E-state index in [0.717, 1.165) is 11.1 Å². The summed E-state index contributed by atoms with van der Waals surface area (Å²) in [6, 6.07) is 11.0. The van der Waals surface area contributed by atoms with Crippen LogP contribution in [0.2, 0.25) is 0 Å². The molecule has 0 unspecified atom stereocenters. The van der Waals surface area contributed by atoms with Crippen molar-refractivity contribution in [2.45, 2.75) is 20.0 Å². The highest BCUT2D eigenvalue weighted by atomic mass is 16.2. The van der Waals surface area contributed by atoms with E-state index >= 15 is 0 Å². The highest BCUT2D eigenvalue weighted by molar-refractivity contribution is 5.97. The zero-order valence-corrected chi connectivity index (χ0v) is 12.8. The van der Waals surface area contributed by atoms with E-state index in [0.29, 0.717) is 18.5 Å². The molecule has 1 aromatic carbocycles. The molecular formula is C18H17N3O2. The SMILES string of the molecule is CCn1cc(C(=O)NCc2ccncc2)c(=O)c2ccccc21. The third kappa shape index (κ3) is 2.99. The molecule has 0 fully saturated rings. The van der Waals surface area contributed by atoms with E-state index in [2.05, 4.69) is 10.3 Å². The zero-order chi connectivity index (χ0) is 16.2. The molecule has 1 amide bonds. The molecule has 1 N–H and O–H groups in total. The van der Waals surface area contributed by atoms with Crippen LogP contribution in [0.3, 0.4) is 0 Å². The predicted octanol–water partition coefficient (Wildman–Crippen LogP) is 2.35. The molecule has 0 aliphatic carbocycles. The highest BCUT2D eigenvalue weighted by Gasteiger charge is 2.14. The second kappa shape index (κ2) is 6.44. The van der Waals surface area contributed by atoms with Gasteiger partial charge in [0.15, 0.2) is 0 Å². The lowest BCUT2D eigenvalue weighted by atomic mass is 10.1. The van der Waals surface area contributed by atoms with E-state index in [1.807, 2.05) is 41.8 Å². The molecule has 0 saturated heterocycles. The molecule has 5 nitrogen and oxygen atoms in total. The van der Waals surface area contributed by atoms with Gasteiger partial charge in [0.1, 0.15) is 5.56 Å². The topological polar surface area (TPSA) is 64.0 Å².